The Labute approximate surface area is 118 Å². The van der Waals surface area contributed by atoms with Crippen LogP contribution in [0.2, 0.25) is 0 Å². The summed E-state index contributed by atoms with van der Waals surface area (Å²) in [6.45, 7) is 3.62. The first-order valence-electron chi connectivity index (χ1n) is 6.83. The van der Waals surface area contributed by atoms with Gasteiger partial charge in [0.15, 0.2) is 0 Å². The van der Waals surface area contributed by atoms with E-state index < -0.39 is 28.7 Å². The van der Waals surface area contributed by atoms with E-state index in [9.17, 15) is 19.8 Å². The van der Waals surface area contributed by atoms with Crippen molar-refractivity contribution in [1.29, 1.82) is 0 Å². The second-order valence-electron chi connectivity index (χ2n) is 6.11. The SMILES string of the molecule is CC1(C(=O)O)CCC(C(=O)O)CC1(C)c1ccccc1. The van der Waals surface area contributed by atoms with Crippen molar-refractivity contribution in [1.82, 2.24) is 0 Å². The van der Waals surface area contributed by atoms with Crippen LogP contribution in [-0.4, -0.2) is 22.2 Å². The zero-order chi connectivity index (χ0) is 15.0. The average Bonchev–Trinajstić information content (AvgIpc) is 2.42. The van der Waals surface area contributed by atoms with Gasteiger partial charge in [-0.3, -0.25) is 9.59 Å². The molecule has 3 unspecified atom stereocenters. The van der Waals surface area contributed by atoms with E-state index in [1.54, 1.807) is 6.92 Å². The van der Waals surface area contributed by atoms with Gasteiger partial charge in [-0.1, -0.05) is 37.3 Å². The molecule has 1 aromatic carbocycles. The second-order valence-corrected chi connectivity index (χ2v) is 6.11. The fourth-order valence-electron chi connectivity index (χ4n) is 3.36. The monoisotopic (exact) mass is 276 g/mol. The summed E-state index contributed by atoms with van der Waals surface area (Å²) in [6.07, 6.45) is 1.15. The van der Waals surface area contributed by atoms with Crippen molar-refractivity contribution in [3.63, 3.8) is 0 Å². The van der Waals surface area contributed by atoms with Gasteiger partial charge in [0.05, 0.1) is 11.3 Å². The van der Waals surface area contributed by atoms with Crippen LogP contribution < -0.4 is 0 Å². The number of benzene rings is 1. The molecule has 1 aromatic rings. The highest BCUT2D eigenvalue weighted by Crippen LogP contribution is 2.53. The predicted octanol–water partition coefficient (Wildman–Crippen LogP) is 2.92. The molecule has 108 valence electrons. The molecule has 0 amide bonds. The molecule has 1 fully saturated rings. The van der Waals surface area contributed by atoms with Crippen LogP contribution in [0.25, 0.3) is 0 Å². The van der Waals surface area contributed by atoms with Crippen LogP contribution in [-0.2, 0) is 15.0 Å². The van der Waals surface area contributed by atoms with Crippen molar-refractivity contribution in [3.05, 3.63) is 35.9 Å². The Morgan fingerprint density at radius 1 is 1.15 bits per heavy atom. The number of hydrogen-bond acceptors (Lipinski definition) is 2. The molecule has 0 heterocycles. The quantitative estimate of drug-likeness (QED) is 0.890. The summed E-state index contributed by atoms with van der Waals surface area (Å²) < 4.78 is 0. The minimum Gasteiger partial charge on any atom is -0.481 e. The molecule has 0 saturated heterocycles. The summed E-state index contributed by atoms with van der Waals surface area (Å²) >= 11 is 0. The topological polar surface area (TPSA) is 74.6 Å². The van der Waals surface area contributed by atoms with E-state index in [0.717, 1.165) is 5.56 Å². The molecule has 1 saturated carbocycles. The van der Waals surface area contributed by atoms with Gasteiger partial charge in [-0.25, -0.2) is 0 Å². The Balaban J connectivity index is 2.51. The highest BCUT2D eigenvalue weighted by atomic mass is 16.4. The molecule has 0 aliphatic heterocycles. The standard InChI is InChI=1S/C16H20O4/c1-15(14(19)20)9-8-11(13(17)18)10-16(15,2)12-6-4-3-5-7-12/h3-7,11H,8-10H2,1-2H3,(H,17,18)(H,19,20). The minimum absolute atomic E-state index is 0.356. The number of carbonyl (C=O) groups is 2. The number of aliphatic carboxylic acids is 2. The highest BCUT2D eigenvalue weighted by molar-refractivity contribution is 5.78. The minimum atomic E-state index is -0.944. The summed E-state index contributed by atoms with van der Waals surface area (Å²) in [4.78, 5) is 23.1. The molecule has 4 nitrogen and oxygen atoms in total. The largest absolute Gasteiger partial charge is 0.481 e. The van der Waals surface area contributed by atoms with Gasteiger partial charge in [0.25, 0.3) is 0 Å². The van der Waals surface area contributed by atoms with Crippen LogP contribution in [0.15, 0.2) is 30.3 Å². The van der Waals surface area contributed by atoms with E-state index in [0.29, 0.717) is 19.3 Å². The molecule has 0 radical (unpaired) electrons. The molecular weight excluding hydrogens is 256 g/mol. The Bertz CT molecular complexity index is 525. The molecular formula is C16H20O4. The van der Waals surface area contributed by atoms with Crippen LogP contribution >= 0.6 is 0 Å². The van der Waals surface area contributed by atoms with Crippen molar-refractivity contribution in [2.24, 2.45) is 11.3 Å². The molecule has 0 aromatic heterocycles. The van der Waals surface area contributed by atoms with E-state index in [4.69, 9.17) is 0 Å². The van der Waals surface area contributed by atoms with Gasteiger partial charge in [-0.05, 0) is 31.7 Å². The van der Waals surface area contributed by atoms with E-state index >= 15 is 0 Å². The molecule has 0 bridgehead atoms. The van der Waals surface area contributed by atoms with Gasteiger partial charge in [-0.2, -0.15) is 0 Å². The molecule has 4 heteroatoms. The Morgan fingerprint density at radius 2 is 1.75 bits per heavy atom. The van der Waals surface area contributed by atoms with Crippen LogP contribution in [0.3, 0.4) is 0 Å². The zero-order valence-corrected chi connectivity index (χ0v) is 11.8. The van der Waals surface area contributed by atoms with Crippen molar-refractivity contribution in [2.75, 3.05) is 0 Å². The first kappa shape index (κ1) is 14.6. The van der Waals surface area contributed by atoms with E-state index in [1.807, 2.05) is 37.3 Å². The van der Waals surface area contributed by atoms with Gasteiger partial charge in [0, 0.05) is 5.41 Å². The van der Waals surface area contributed by atoms with E-state index in [2.05, 4.69) is 0 Å². The molecule has 1 aliphatic carbocycles. The number of hydrogen-bond donors (Lipinski definition) is 2. The van der Waals surface area contributed by atoms with Gasteiger partial charge in [0.1, 0.15) is 0 Å². The van der Waals surface area contributed by atoms with Crippen LogP contribution in [0.1, 0.15) is 38.7 Å². The molecule has 20 heavy (non-hydrogen) atoms. The van der Waals surface area contributed by atoms with Crippen molar-refractivity contribution in [3.8, 4) is 0 Å². The maximum absolute atomic E-state index is 11.8. The highest BCUT2D eigenvalue weighted by Gasteiger charge is 2.55. The summed E-state index contributed by atoms with van der Waals surface area (Å²) in [5.41, 5.74) is -0.724. The Morgan fingerprint density at radius 3 is 2.25 bits per heavy atom. The lowest BCUT2D eigenvalue weighted by atomic mass is 9.53. The zero-order valence-electron chi connectivity index (χ0n) is 11.8. The number of carboxylic acid groups (broad SMARTS) is 2. The first-order chi connectivity index (χ1) is 9.31. The van der Waals surface area contributed by atoms with E-state index in [1.165, 1.54) is 0 Å². The lowest BCUT2D eigenvalue weighted by Crippen LogP contribution is -2.52. The maximum Gasteiger partial charge on any atom is 0.310 e. The number of rotatable bonds is 3. The Hall–Kier alpha value is -1.84. The van der Waals surface area contributed by atoms with Gasteiger partial charge in [-0.15, -0.1) is 0 Å². The van der Waals surface area contributed by atoms with Gasteiger partial charge >= 0.3 is 11.9 Å². The van der Waals surface area contributed by atoms with Gasteiger partial charge < -0.3 is 10.2 Å². The van der Waals surface area contributed by atoms with Gasteiger partial charge in [0.2, 0.25) is 0 Å². The summed E-state index contributed by atoms with van der Waals surface area (Å²) in [5.74, 6) is -2.17. The van der Waals surface area contributed by atoms with Crippen LogP contribution in [0.5, 0.6) is 0 Å². The van der Waals surface area contributed by atoms with Crippen LogP contribution in [0.4, 0.5) is 0 Å². The molecule has 0 spiro atoms. The lowest BCUT2D eigenvalue weighted by molar-refractivity contribution is -0.160. The maximum atomic E-state index is 11.8. The fourth-order valence-corrected chi connectivity index (χ4v) is 3.36. The molecule has 1 aliphatic rings. The predicted molar refractivity (Wildman–Crippen MR) is 74.5 cm³/mol. The molecule has 2 rings (SSSR count). The second kappa shape index (κ2) is 4.93. The normalized spacial score (nSPS) is 33.6. The molecule has 2 N–H and O–H groups in total. The third-order valence-corrected chi connectivity index (χ3v) is 5.10. The third-order valence-electron chi connectivity index (χ3n) is 5.10. The summed E-state index contributed by atoms with van der Waals surface area (Å²) in [6, 6.07) is 9.40. The van der Waals surface area contributed by atoms with Crippen molar-refractivity contribution in [2.45, 2.75) is 38.5 Å². The Kier molecular flexibility index (Phi) is 3.59. The fraction of sp³-hybridized carbons (Fsp3) is 0.500. The van der Waals surface area contributed by atoms with Crippen molar-refractivity contribution >= 4 is 11.9 Å². The first-order valence-corrected chi connectivity index (χ1v) is 6.83. The summed E-state index contributed by atoms with van der Waals surface area (Å²) in [7, 11) is 0. The van der Waals surface area contributed by atoms with Crippen LogP contribution in [0, 0.1) is 11.3 Å². The lowest BCUT2D eigenvalue weighted by Gasteiger charge is -2.49. The number of carboxylic acids is 2. The average molecular weight is 276 g/mol. The summed E-state index contributed by atoms with van der Waals surface area (Å²) in [5, 5.41) is 19.0. The van der Waals surface area contributed by atoms with Crippen molar-refractivity contribution < 1.29 is 19.8 Å². The van der Waals surface area contributed by atoms with E-state index in [-0.39, 0.29) is 0 Å². The smallest absolute Gasteiger partial charge is 0.310 e. The molecule has 3 atom stereocenters. The third kappa shape index (κ3) is 2.09.